The van der Waals surface area contributed by atoms with Gasteiger partial charge in [0.15, 0.2) is 0 Å². The van der Waals surface area contributed by atoms with Crippen molar-refractivity contribution in [1.29, 1.82) is 0 Å². The van der Waals surface area contributed by atoms with Crippen LogP contribution in [0.25, 0.3) is 22.2 Å². The maximum atomic E-state index is 14.0. The Bertz CT molecular complexity index is 853. The Kier molecular flexibility index (Phi) is 3.27. The van der Waals surface area contributed by atoms with E-state index in [4.69, 9.17) is 11.6 Å². The second-order valence-electron chi connectivity index (χ2n) is 4.35. The van der Waals surface area contributed by atoms with Gasteiger partial charge in [0.1, 0.15) is 11.3 Å². The molecule has 0 unspecified atom stereocenters. The molecule has 0 amide bonds. The van der Waals surface area contributed by atoms with Crippen LogP contribution in [0.1, 0.15) is 10.4 Å². The zero-order valence-electron chi connectivity index (χ0n) is 10.5. The van der Waals surface area contributed by atoms with Crippen LogP contribution in [0.4, 0.5) is 4.39 Å². The Morgan fingerprint density at radius 1 is 1.19 bits per heavy atom. The fourth-order valence-corrected chi connectivity index (χ4v) is 2.36. The van der Waals surface area contributed by atoms with E-state index in [-0.39, 0.29) is 21.5 Å². The molecule has 0 radical (unpaired) electrons. The van der Waals surface area contributed by atoms with Gasteiger partial charge in [-0.2, -0.15) is 0 Å². The van der Waals surface area contributed by atoms with E-state index in [1.807, 2.05) is 0 Å². The van der Waals surface area contributed by atoms with Crippen molar-refractivity contribution in [1.82, 2.24) is 9.97 Å². The number of halogens is 2. The van der Waals surface area contributed by atoms with Crippen LogP contribution in [0, 0.1) is 5.82 Å². The van der Waals surface area contributed by atoms with Crippen molar-refractivity contribution in [3.05, 3.63) is 59.1 Å². The van der Waals surface area contributed by atoms with E-state index in [9.17, 15) is 14.3 Å². The van der Waals surface area contributed by atoms with Crippen LogP contribution in [-0.4, -0.2) is 21.0 Å². The van der Waals surface area contributed by atoms with Gasteiger partial charge in [0, 0.05) is 23.3 Å². The van der Waals surface area contributed by atoms with Crippen LogP contribution in [0.5, 0.6) is 0 Å². The SMILES string of the molecule is O=C(O)c1cc(-c2ccncc2)nc2c(F)ccc(Cl)c12. The number of pyridine rings is 2. The molecule has 104 valence electrons. The highest BCUT2D eigenvalue weighted by Gasteiger charge is 2.17. The fraction of sp³-hybridized carbons (Fsp3) is 0. The van der Waals surface area contributed by atoms with Gasteiger partial charge in [-0.1, -0.05) is 11.6 Å². The first-order chi connectivity index (χ1) is 10.1. The molecule has 2 heterocycles. The third-order valence-electron chi connectivity index (χ3n) is 3.07. The van der Waals surface area contributed by atoms with E-state index in [2.05, 4.69) is 9.97 Å². The maximum absolute atomic E-state index is 14.0. The second-order valence-corrected chi connectivity index (χ2v) is 4.76. The summed E-state index contributed by atoms with van der Waals surface area (Å²) in [5.41, 5.74) is 0.850. The average molecular weight is 303 g/mol. The number of carboxylic acids is 1. The molecule has 0 spiro atoms. The Labute approximate surface area is 123 Å². The topological polar surface area (TPSA) is 63.1 Å². The van der Waals surface area contributed by atoms with Gasteiger partial charge in [-0.3, -0.25) is 4.98 Å². The first kappa shape index (κ1) is 13.5. The molecular weight excluding hydrogens is 295 g/mol. The van der Waals surface area contributed by atoms with E-state index >= 15 is 0 Å². The van der Waals surface area contributed by atoms with Gasteiger partial charge < -0.3 is 5.11 Å². The number of carbonyl (C=O) groups is 1. The van der Waals surface area contributed by atoms with Gasteiger partial charge >= 0.3 is 5.97 Å². The zero-order valence-corrected chi connectivity index (χ0v) is 11.3. The minimum Gasteiger partial charge on any atom is -0.478 e. The van der Waals surface area contributed by atoms with Crippen LogP contribution < -0.4 is 0 Å². The number of carboxylic acid groups (broad SMARTS) is 1. The molecule has 0 atom stereocenters. The number of fused-ring (bicyclic) bond motifs is 1. The lowest BCUT2D eigenvalue weighted by atomic mass is 10.0. The van der Waals surface area contributed by atoms with Crippen molar-refractivity contribution >= 4 is 28.5 Å². The standard InChI is InChI=1S/C15H8ClFN2O2/c16-10-1-2-11(17)14-13(10)9(15(20)21)7-12(19-14)8-3-5-18-6-4-8/h1-7H,(H,20,21). The normalized spacial score (nSPS) is 10.8. The minimum atomic E-state index is -1.19. The van der Waals surface area contributed by atoms with Gasteiger partial charge in [0.25, 0.3) is 0 Å². The number of nitrogens with zero attached hydrogens (tertiary/aromatic N) is 2. The monoisotopic (exact) mass is 302 g/mol. The summed E-state index contributed by atoms with van der Waals surface area (Å²) in [5.74, 6) is -1.81. The number of hydrogen-bond acceptors (Lipinski definition) is 3. The molecule has 0 aliphatic rings. The first-order valence-electron chi connectivity index (χ1n) is 6.00. The Morgan fingerprint density at radius 3 is 2.57 bits per heavy atom. The number of rotatable bonds is 2. The number of benzene rings is 1. The maximum Gasteiger partial charge on any atom is 0.336 e. The Balaban J connectivity index is 2.41. The number of hydrogen-bond donors (Lipinski definition) is 1. The fourth-order valence-electron chi connectivity index (χ4n) is 2.11. The summed E-state index contributed by atoms with van der Waals surface area (Å²) < 4.78 is 14.0. The van der Waals surface area contributed by atoms with E-state index in [0.29, 0.717) is 11.3 Å². The van der Waals surface area contributed by atoms with Crippen LogP contribution in [0.2, 0.25) is 5.02 Å². The molecule has 0 saturated heterocycles. The predicted molar refractivity (Wildman–Crippen MR) is 76.9 cm³/mol. The lowest BCUT2D eigenvalue weighted by Gasteiger charge is -2.09. The van der Waals surface area contributed by atoms with Crippen LogP contribution in [0.3, 0.4) is 0 Å². The van der Waals surface area contributed by atoms with Crippen molar-refractivity contribution in [2.45, 2.75) is 0 Å². The van der Waals surface area contributed by atoms with Crippen molar-refractivity contribution in [2.75, 3.05) is 0 Å². The van der Waals surface area contributed by atoms with Gasteiger partial charge in [-0.15, -0.1) is 0 Å². The molecule has 6 heteroatoms. The van der Waals surface area contributed by atoms with Gasteiger partial charge in [-0.05, 0) is 30.3 Å². The molecule has 3 rings (SSSR count). The number of aromatic carboxylic acids is 1. The predicted octanol–water partition coefficient (Wildman–Crippen LogP) is 3.79. The molecule has 1 aromatic carbocycles. The summed E-state index contributed by atoms with van der Waals surface area (Å²) in [6.07, 6.45) is 3.10. The smallest absolute Gasteiger partial charge is 0.336 e. The second kappa shape index (κ2) is 5.10. The summed E-state index contributed by atoms with van der Waals surface area (Å²) in [6.45, 7) is 0. The molecule has 0 fully saturated rings. The highest BCUT2D eigenvalue weighted by molar-refractivity contribution is 6.36. The van der Waals surface area contributed by atoms with E-state index in [1.165, 1.54) is 18.2 Å². The molecule has 4 nitrogen and oxygen atoms in total. The largest absolute Gasteiger partial charge is 0.478 e. The van der Waals surface area contributed by atoms with E-state index < -0.39 is 11.8 Å². The first-order valence-corrected chi connectivity index (χ1v) is 6.38. The van der Waals surface area contributed by atoms with Crippen LogP contribution in [0.15, 0.2) is 42.7 Å². The summed E-state index contributed by atoms with van der Waals surface area (Å²) >= 11 is 6.00. The Morgan fingerprint density at radius 2 is 1.90 bits per heavy atom. The van der Waals surface area contributed by atoms with Crippen LogP contribution >= 0.6 is 11.6 Å². The lowest BCUT2D eigenvalue weighted by molar-refractivity contribution is 0.0699. The quantitative estimate of drug-likeness (QED) is 0.782. The minimum absolute atomic E-state index is 0.0609. The molecule has 2 aromatic heterocycles. The van der Waals surface area contributed by atoms with E-state index in [1.54, 1.807) is 24.5 Å². The van der Waals surface area contributed by atoms with Gasteiger partial charge in [0.05, 0.1) is 16.3 Å². The zero-order chi connectivity index (χ0) is 15.0. The molecule has 3 aromatic rings. The molecule has 0 saturated carbocycles. The molecule has 0 bridgehead atoms. The molecule has 1 N–H and O–H groups in total. The van der Waals surface area contributed by atoms with Crippen molar-refractivity contribution < 1.29 is 14.3 Å². The highest BCUT2D eigenvalue weighted by atomic mass is 35.5. The lowest BCUT2D eigenvalue weighted by Crippen LogP contribution is -2.02. The average Bonchev–Trinajstić information content (AvgIpc) is 2.51. The summed E-state index contributed by atoms with van der Waals surface area (Å²) in [4.78, 5) is 19.5. The van der Waals surface area contributed by atoms with Crippen LogP contribution in [-0.2, 0) is 0 Å². The van der Waals surface area contributed by atoms with Gasteiger partial charge in [-0.25, -0.2) is 14.2 Å². The van der Waals surface area contributed by atoms with Crippen molar-refractivity contribution in [3.8, 4) is 11.3 Å². The molecule has 0 aliphatic carbocycles. The third kappa shape index (κ3) is 2.32. The number of aromatic nitrogens is 2. The summed E-state index contributed by atoms with van der Waals surface area (Å²) in [6, 6.07) is 7.20. The summed E-state index contributed by atoms with van der Waals surface area (Å²) in [5, 5.41) is 9.60. The molecule has 21 heavy (non-hydrogen) atoms. The van der Waals surface area contributed by atoms with E-state index in [0.717, 1.165) is 0 Å². The van der Waals surface area contributed by atoms with Gasteiger partial charge in [0.2, 0.25) is 0 Å². The molecular formula is C15H8ClFN2O2. The van der Waals surface area contributed by atoms with Crippen molar-refractivity contribution in [3.63, 3.8) is 0 Å². The summed E-state index contributed by atoms with van der Waals surface area (Å²) in [7, 11) is 0. The van der Waals surface area contributed by atoms with Crippen molar-refractivity contribution in [2.24, 2.45) is 0 Å². The third-order valence-corrected chi connectivity index (χ3v) is 3.38. The Hall–Kier alpha value is -2.53. The highest BCUT2D eigenvalue weighted by Crippen LogP contribution is 2.31. The molecule has 0 aliphatic heterocycles.